The lowest BCUT2D eigenvalue weighted by atomic mass is 9.94. The molecule has 1 aliphatic heterocycles. The van der Waals surface area contributed by atoms with Gasteiger partial charge in [0.15, 0.2) is 0 Å². The molecule has 0 radical (unpaired) electrons. The number of hydrogen-bond donors (Lipinski definition) is 0. The van der Waals surface area contributed by atoms with Crippen molar-refractivity contribution in [3.8, 4) is 12.3 Å². The maximum atomic E-state index is 12.0. The minimum absolute atomic E-state index is 0.246. The molecule has 0 spiro atoms. The van der Waals surface area contributed by atoms with Crippen molar-refractivity contribution >= 4 is 11.8 Å². The normalized spacial score (nSPS) is 14.8. The first-order valence-corrected chi connectivity index (χ1v) is 5.39. The highest BCUT2D eigenvalue weighted by molar-refractivity contribution is 6.21. The number of hydrogen-bond acceptors (Lipinski definition) is 2. The Kier molecular flexibility index (Phi) is 2.51. The zero-order chi connectivity index (χ0) is 12.6. The summed E-state index contributed by atoms with van der Waals surface area (Å²) in [5.41, 5.74) is 0.420. The lowest BCUT2D eigenvalue weighted by molar-refractivity contribution is 0.0617. The maximum absolute atomic E-state index is 12.0. The van der Waals surface area contributed by atoms with Crippen molar-refractivity contribution in [3.63, 3.8) is 0 Å². The fraction of sp³-hybridized carbons (Fsp3) is 0.286. The minimum atomic E-state index is -0.507. The third-order valence-corrected chi connectivity index (χ3v) is 2.82. The Labute approximate surface area is 100 Å². The standard InChI is InChI=1S/C14H13NO2/c1-4-14(2,3)9-15-12(16)10-7-5-6-8-11(10)13(15)17/h1,5-8H,9H2,2-3H3. The van der Waals surface area contributed by atoms with Crippen LogP contribution in [0.4, 0.5) is 0 Å². The summed E-state index contributed by atoms with van der Waals surface area (Å²) in [4.78, 5) is 25.3. The number of amides is 2. The smallest absolute Gasteiger partial charge is 0.261 e. The van der Waals surface area contributed by atoms with Crippen molar-refractivity contribution < 1.29 is 9.59 Å². The highest BCUT2D eigenvalue weighted by Crippen LogP contribution is 2.26. The van der Waals surface area contributed by atoms with E-state index in [1.54, 1.807) is 24.3 Å². The van der Waals surface area contributed by atoms with Crippen LogP contribution in [0.25, 0.3) is 0 Å². The summed E-state index contributed by atoms with van der Waals surface area (Å²) in [5, 5.41) is 0. The van der Waals surface area contributed by atoms with Crippen molar-refractivity contribution in [3.05, 3.63) is 35.4 Å². The Balaban J connectivity index is 2.35. The number of carbonyl (C=O) groups excluding carboxylic acids is 2. The highest BCUT2D eigenvalue weighted by atomic mass is 16.2. The second kappa shape index (κ2) is 3.74. The summed E-state index contributed by atoms with van der Waals surface area (Å²) >= 11 is 0. The Bertz CT molecular complexity index is 502. The summed E-state index contributed by atoms with van der Waals surface area (Å²) in [5.74, 6) is 2.08. The van der Waals surface area contributed by atoms with Crippen molar-refractivity contribution in [1.82, 2.24) is 4.90 Å². The van der Waals surface area contributed by atoms with E-state index in [0.29, 0.717) is 11.1 Å². The molecule has 0 atom stereocenters. The van der Waals surface area contributed by atoms with Crippen LogP contribution in [0, 0.1) is 17.8 Å². The van der Waals surface area contributed by atoms with Gasteiger partial charge in [0, 0.05) is 12.0 Å². The number of benzene rings is 1. The zero-order valence-electron chi connectivity index (χ0n) is 9.86. The molecule has 0 fully saturated rings. The van der Waals surface area contributed by atoms with E-state index >= 15 is 0 Å². The summed E-state index contributed by atoms with van der Waals surface area (Å²) in [7, 11) is 0. The van der Waals surface area contributed by atoms with Gasteiger partial charge in [-0.1, -0.05) is 18.1 Å². The van der Waals surface area contributed by atoms with Crippen LogP contribution in [0.5, 0.6) is 0 Å². The highest BCUT2D eigenvalue weighted by Gasteiger charge is 2.37. The molecule has 2 amide bonds. The molecule has 2 rings (SSSR count). The fourth-order valence-corrected chi connectivity index (χ4v) is 1.82. The molecule has 0 aromatic heterocycles. The van der Waals surface area contributed by atoms with Crippen LogP contribution in [0.2, 0.25) is 0 Å². The molecule has 0 aliphatic carbocycles. The van der Waals surface area contributed by atoms with Crippen LogP contribution in [-0.4, -0.2) is 23.3 Å². The SMILES string of the molecule is C#CC(C)(C)CN1C(=O)c2ccccc2C1=O. The second-order valence-corrected chi connectivity index (χ2v) is 4.77. The van der Waals surface area contributed by atoms with Gasteiger partial charge in [-0.05, 0) is 26.0 Å². The Morgan fingerprint density at radius 2 is 1.65 bits per heavy atom. The average Bonchev–Trinajstić information content (AvgIpc) is 2.55. The Morgan fingerprint density at radius 3 is 2.06 bits per heavy atom. The van der Waals surface area contributed by atoms with Gasteiger partial charge in [0.25, 0.3) is 11.8 Å². The molecular formula is C14H13NO2. The number of nitrogens with zero attached hydrogens (tertiary/aromatic N) is 1. The van der Waals surface area contributed by atoms with Gasteiger partial charge in [0.1, 0.15) is 0 Å². The van der Waals surface area contributed by atoms with Gasteiger partial charge in [-0.15, -0.1) is 6.42 Å². The van der Waals surface area contributed by atoms with Crippen LogP contribution >= 0.6 is 0 Å². The summed E-state index contributed by atoms with van der Waals surface area (Å²) in [6, 6.07) is 6.83. The van der Waals surface area contributed by atoms with E-state index in [2.05, 4.69) is 5.92 Å². The van der Waals surface area contributed by atoms with Gasteiger partial charge in [-0.3, -0.25) is 14.5 Å². The van der Waals surface area contributed by atoms with Crippen molar-refractivity contribution in [2.75, 3.05) is 6.54 Å². The summed E-state index contributed by atoms with van der Waals surface area (Å²) in [6.45, 7) is 3.91. The first-order valence-electron chi connectivity index (χ1n) is 5.39. The number of imide groups is 1. The van der Waals surface area contributed by atoms with E-state index in [1.807, 2.05) is 13.8 Å². The van der Waals surface area contributed by atoms with Crippen molar-refractivity contribution in [2.45, 2.75) is 13.8 Å². The van der Waals surface area contributed by atoms with Gasteiger partial charge in [0.05, 0.1) is 11.1 Å². The van der Waals surface area contributed by atoms with E-state index in [0.717, 1.165) is 0 Å². The van der Waals surface area contributed by atoms with Crippen LogP contribution in [0.3, 0.4) is 0 Å². The molecule has 17 heavy (non-hydrogen) atoms. The monoisotopic (exact) mass is 227 g/mol. The molecule has 0 saturated heterocycles. The third kappa shape index (κ3) is 1.83. The quantitative estimate of drug-likeness (QED) is 0.572. The molecule has 1 aliphatic rings. The van der Waals surface area contributed by atoms with Crippen LogP contribution in [-0.2, 0) is 0 Å². The molecule has 0 unspecified atom stereocenters. The molecule has 1 aromatic rings. The largest absolute Gasteiger partial charge is 0.273 e. The first kappa shape index (κ1) is 11.4. The molecule has 0 bridgehead atoms. The molecule has 1 heterocycles. The van der Waals surface area contributed by atoms with Crippen molar-refractivity contribution in [1.29, 1.82) is 0 Å². The predicted octanol–water partition coefficient (Wildman–Crippen LogP) is 1.94. The molecule has 0 N–H and O–H groups in total. The molecule has 3 nitrogen and oxygen atoms in total. The summed E-state index contributed by atoms with van der Waals surface area (Å²) < 4.78 is 0. The molecular weight excluding hydrogens is 214 g/mol. The minimum Gasteiger partial charge on any atom is -0.273 e. The molecule has 0 saturated carbocycles. The van der Waals surface area contributed by atoms with E-state index < -0.39 is 5.41 Å². The van der Waals surface area contributed by atoms with E-state index in [9.17, 15) is 9.59 Å². The van der Waals surface area contributed by atoms with Crippen LogP contribution in [0.15, 0.2) is 24.3 Å². The lowest BCUT2D eigenvalue weighted by Crippen LogP contribution is -2.37. The molecule has 3 heteroatoms. The van der Waals surface area contributed by atoms with Gasteiger partial charge in [-0.25, -0.2) is 0 Å². The van der Waals surface area contributed by atoms with Gasteiger partial charge in [-0.2, -0.15) is 0 Å². The number of rotatable bonds is 2. The van der Waals surface area contributed by atoms with Gasteiger partial charge < -0.3 is 0 Å². The van der Waals surface area contributed by atoms with E-state index in [1.165, 1.54) is 4.90 Å². The van der Waals surface area contributed by atoms with Crippen LogP contribution < -0.4 is 0 Å². The Hall–Kier alpha value is -2.08. The van der Waals surface area contributed by atoms with Crippen LogP contribution in [0.1, 0.15) is 34.6 Å². The van der Waals surface area contributed by atoms with Gasteiger partial charge >= 0.3 is 0 Å². The maximum Gasteiger partial charge on any atom is 0.261 e. The number of terminal acetylenes is 1. The first-order chi connectivity index (χ1) is 7.96. The average molecular weight is 227 g/mol. The number of carbonyl (C=O) groups is 2. The lowest BCUT2D eigenvalue weighted by Gasteiger charge is -2.23. The summed E-state index contributed by atoms with van der Waals surface area (Å²) in [6.07, 6.45) is 5.38. The number of fused-ring (bicyclic) bond motifs is 1. The topological polar surface area (TPSA) is 37.4 Å². The fourth-order valence-electron chi connectivity index (χ4n) is 1.82. The van der Waals surface area contributed by atoms with E-state index in [-0.39, 0.29) is 18.4 Å². The van der Waals surface area contributed by atoms with Gasteiger partial charge in [0.2, 0.25) is 0 Å². The third-order valence-electron chi connectivity index (χ3n) is 2.82. The predicted molar refractivity (Wildman–Crippen MR) is 64.4 cm³/mol. The zero-order valence-corrected chi connectivity index (χ0v) is 9.86. The molecule has 1 aromatic carbocycles. The molecule has 86 valence electrons. The Morgan fingerprint density at radius 1 is 1.18 bits per heavy atom. The second-order valence-electron chi connectivity index (χ2n) is 4.77. The van der Waals surface area contributed by atoms with Crippen molar-refractivity contribution in [2.24, 2.45) is 5.41 Å². The van der Waals surface area contributed by atoms with E-state index in [4.69, 9.17) is 6.42 Å².